The van der Waals surface area contributed by atoms with Crippen molar-refractivity contribution in [1.29, 1.82) is 0 Å². The molecule has 0 aliphatic carbocycles. The Hall–Kier alpha value is -7.30. The van der Waals surface area contributed by atoms with Crippen LogP contribution in [-0.4, -0.2) is 0 Å². The lowest BCUT2D eigenvalue weighted by Gasteiger charge is -2.30. The quantitative estimate of drug-likeness (QED) is 0.152. The van der Waals surface area contributed by atoms with Gasteiger partial charge in [0.05, 0.1) is 11.4 Å². The van der Waals surface area contributed by atoms with E-state index in [2.05, 4.69) is 225 Å². The first-order valence-electron chi connectivity index (χ1n) is 23.5. The summed E-state index contributed by atoms with van der Waals surface area (Å²) in [5.74, 6) is 0.918. The molecule has 4 nitrogen and oxygen atoms in total. The highest BCUT2D eigenvalue weighted by atomic mass is 16.3. The molecule has 0 bridgehead atoms. The number of nitrogens with zero attached hydrogens (tertiary/aromatic N) is 2. The van der Waals surface area contributed by atoms with E-state index in [0.717, 1.165) is 76.8 Å². The smallest absolute Gasteiger partial charge is 0.136 e. The van der Waals surface area contributed by atoms with Crippen LogP contribution in [0, 0.1) is 41.5 Å². The van der Waals surface area contributed by atoms with Crippen LogP contribution in [0.1, 0.15) is 84.0 Å². The average Bonchev–Trinajstić information content (AvgIpc) is 3.84. The van der Waals surface area contributed by atoms with E-state index in [1.807, 2.05) is 0 Å². The van der Waals surface area contributed by atoms with Gasteiger partial charge in [-0.3, -0.25) is 0 Å². The molecule has 4 heteroatoms. The highest BCUT2D eigenvalue weighted by Gasteiger charge is 2.23. The number of hydrogen-bond acceptors (Lipinski definition) is 4. The van der Waals surface area contributed by atoms with Gasteiger partial charge >= 0.3 is 0 Å². The van der Waals surface area contributed by atoms with Crippen LogP contribution in [0.2, 0.25) is 0 Å². The van der Waals surface area contributed by atoms with E-state index in [4.69, 9.17) is 8.83 Å². The standard InChI is InChI=1S/C62H56N2O2/c1-35(2)43-19-23-53(41(9)27-43)63(61-37(5)13-11-14-38(61)6)49-21-17-45-31-51-57(33-47(45)29-49)65-55-25-26-56-60(59(51)55)52-32-46-18-22-50(30-48(46)34-58(52)66-56)64(62-39(7)15-12-16-40(62)8)54-24-20-44(36(3)4)28-42(54)10/h11-36H,1-10H3. The number of aryl methyl sites for hydroxylation is 6. The maximum Gasteiger partial charge on any atom is 0.136 e. The fraction of sp³-hybridized carbons (Fsp3) is 0.194. The Kier molecular flexibility index (Phi) is 9.85. The molecule has 2 heterocycles. The number of para-hydroxylation sites is 2. The summed E-state index contributed by atoms with van der Waals surface area (Å²) < 4.78 is 13.5. The Bertz CT molecular complexity index is 3460. The maximum absolute atomic E-state index is 6.75. The Morgan fingerprint density at radius 3 is 1.11 bits per heavy atom. The molecule has 0 aliphatic rings. The number of hydrogen-bond donors (Lipinski definition) is 0. The molecule has 9 aromatic carbocycles. The van der Waals surface area contributed by atoms with Crippen molar-refractivity contribution in [1.82, 2.24) is 0 Å². The van der Waals surface area contributed by atoms with Crippen LogP contribution in [0.3, 0.4) is 0 Å². The highest BCUT2D eigenvalue weighted by Crippen LogP contribution is 2.47. The van der Waals surface area contributed by atoms with E-state index >= 15 is 0 Å². The molecule has 0 amide bonds. The first kappa shape index (κ1) is 41.4. The summed E-state index contributed by atoms with van der Waals surface area (Å²) >= 11 is 0. The zero-order valence-electron chi connectivity index (χ0n) is 39.7. The van der Waals surface area contributed by atoms with Gasteiger partial charge in [0.2, 0.25) is 0 Å². The summed E-state index contributed by atoms with van der Waals surface area (Å²) in [7, 11) is 0. The van der Waals surface area contributed by atoms with Gasteiger partial charge in [0, 0.05) is 44.3 Å². The first-order chi connectivity index (χ1) is 31.8. The Balaban J connectivity index is 1.05. The number of furan rings is 2. The fourth-order valence-corrected chi connectivity index (χ4v) is 10.5. The van der Waals surface area contributed by atoms with Crippen molar-refractivity contribution >= 4 is 99.5 Å². The summed E-state index contributed by atoms with van der Waals surface area (Å²) in [5, 5.41) is 8.92. The lowest BCUT2D eigenvalue weighted by Crippen LogP contribution is -2.14. The van der Waals surface area contributed by atoms with Crippen LogP contribution < -0.4 is 9.80 Å². The molecule has 11 aromatic rings. The molecule has 2 aromatic heterocycles. The minimum Gasteiger partial charge on any atom is -0.456 e. The third-order valence-electron chi connectivity index (χ3n) is 14.1. The summed E-state index contributed by atoms with van der Waals surface area (Å²) in [5.41, 5.74) is 20.6. The van der Waals surface area contributed by atoms with E-state index in [-0.39, 0.29) is 0 Å². The summed E-state index contributed by atoms with van der Waals surface area (Å²) in [6, 6.07) is 53.8. The molecule has 0 atom stereocenters. The minimum atomic E-state index is 0.459. The van der Waals surface area contributed by atoms with Crippen LogP contribution in [0.5, 0.6) is 0 Å². The maximum atomic E-state index is 6.75. The molecular weight excluding hydrogens is 805 g/mol. The first-order valence-corrected chi connectivity index (χ1v) is 23.5. The molecule has 0 aliphatic heterocycles. The second kappa shape index (κ2) is 15.7. The molecule has 66 heavy (non-hydrogen) atoms. The number of anilines is 6. The molecule has 0 saturated heterocycles. The third kappa shape index (κ3) is 6.73. The van der Waals surface area contributed by atoms with Crippen molar-refractivity contribution in [2.24, 2.45) is 0 Å². The van der Waals surface area contributed by atoms with E-state index in [0.29, 0.717) is 11.8 Å². The van der Waals surface area contributed by atoms with E-state index in [1.165, 1.54) is 67.3 Å². The number of fused-ring (bicyclic) bond motifs is 9. The highest BCUT2D eigenvalue weighted by molar-refractivity contribution is 6.28. The lowest BCUT2D eigenvalue weighted by atomic mass is 9.97. The number of benzene rings is 9. The van der Waals surface area contributed by atoms with E-state index in [1.54, 1.807) is 0 Å². The zero-order chi connectivity index (χ0) is 45.7. The van der Waals surface area contributed by atoms with Crippen LogP contribution in [-0.2, 0) is 0 Å². The van der Waals surface area contributed by atoms with Gasteiger partial charge in [-0.15, -0.1) is 0 Å². The SMILES string of the molecule is Cc1cc(C(C)C)ccc1N(c1ccc2cc3c(cc2c1)oc1ccc2oc4cc5cc(N(c6ccc(C(C)C)cc6C)c6c(C)cccc6C)ccc5cc4c2c13)c1c(C)cccc1C. The fourth-order valence-electron chi connectivity index (χ4n) is 10.5. The second-order valence-electron chi connectivity index (χ2n) is 19.3. The summed E-state index contributed by atoms with van der Waals surface area (Å²) in [6.45, 7) is 22.3. The van der Waals surface area contributed by atoms with Crippen LogP contribution >= 0.6 is 0 Å². The van der Waals surface area contributed by atoms with Crippen LogP contribution in [0.4, 0.5) is 34.1 Å². The molecule has 0 N–H and O–H groups in total. The van der Waals surface area contributed by atoms with Crippen LogP contribution in [0.15, 0.2) is 154 Å². The van der Waals surface area contributed by atoms with Crippen molar-refractivity contribution in [3.8, 4) is 0 Å². The van der Waals surface area contributed by atoms with Crippen molar-refractivity contribution in [2.75, 3.05) is 9.80 Å². The van der Waals surface area contributed by atoms with Gasteiger partial charge in [-0.05, 0) is 192 Å². The molecular formula is C62H56N2O2. The van der Waals surface area contributed by atoms with Crippen molar-refractivity contribution in [3.05, 3.63) is 190 Å². The second-order valence-corrected chi connectivity index (χ2v) is 19.3. The van der Waals surface area contributed by atoms with E-state index in [9.17, 15) is 0 Å². The predicted molar refractivity (Wildman–Crippen MR) is 282 cm³/mol. The van der Waals surface area contributed by atoms with Crippen molar-refractivity contribution in [3.63, 3.8) is 0 Å². The molecule has 0 unspecified atom stereocenters. The van der Waals surface area contributed by atoms with E-state index < -0.39 is 0 Å². The monoisotopic (exact) mass is 860 g/mol. The Morgan fingerprint density at radius 1 is 0.348 bits per heavy atom. The van der Waals surface area contributed by atoms with Gasteiger partial charge in [-0.25, -0.2) is 0 Å². The summed E-state index contributed by atoms with van der Waals surface area (Å²) in [6.07, 6.45) is 0. The molecule has 0 fully saturated rings. The zero-order valence-corrected chi connectivity index (χ0v) is 39.7. The molecule has 0 saturated carbocycles. The normalized spacial score (nSPS) is 12.1. The van der Waals surface area contributed by atoms with Gasteiger partial charge in [0.25, 0.3) is 0 Å². The van der Waals surface area contributed by atoms with Crippen LogP contribution in [0.25, 0.3) is 65.4 Å². The number of rotatable bonds is 8. The molecule has 326 valence electrons. The average molecular weight is 861 g/mol. The van der Waals surface area contributed by atoms with Gasteiger partial charge in [-0.1, -0.05) is 100 Å². The van der Waals surface area contributed by atoms with Gasteiger partial charge < -0.3 is 18.6 Å². The molecule has 0 radical (unpaired) electrons. The minimum absolute atomic E-state index is 0.459. The largest absolute Gasteiger partial charge is 0.456 e. The summed E-state index contributed by atoms with van der Waals surface area (Å²) in [4.78, 5) is 4.88. The third-order valence-corrected chi connectivity index (χ3v) is 14.1. The lowest BCUT2D eigenvalue weighted by molar-refractivity contribution is 0.663. The topological polar surface area (TPSA) is 32.8 Å². The van der Waals surface area contributed by atoms with Gasteiger partial charge in [-0.2, -0.15) is 0 Å². The predicted octanol–water partition coefficient (Wildman–Crippen LogP) is 18.8. The molecule has 11 rings (SSSR count). The Labute approximate surface area is 387 Å². The van der Waals surface area contributed by atoms with Crippen molar-refractivity contribution in [2.45, 2.75) is 81.1 Å². The molecule has 0 spiro atoms. The van der Waals surface area contributed by atoms with Gasteiger partial charge in [0.1, 0.15) is 22.3 Å². The van der Waals surface area contributed by atoms with Crippen molar-refractivity contribution < 1.29 is 8.83 Å². The Morgan fingerprint density at radius 2 is 0.742 bits per heavy atom. The van der Waals surface area contributed by atoms with Gasteiger partial charge in [0.15, 0.2) is 0 Å².